The molecule has 3 N–H and O–H groups in total. The Morgan fingerprint density at radius 1 is 1.04 bits per heavy atom. The summed E-state index contributed by atoms with van der Waals surface area (Å²) in [6.07, 6.45) is 5.08. The van der Waals surface area contributed by atoms with Crippen LogP contribution in [0.1, 0.15) is 5.82 Å². The van der Waals surface area contributed by atoms with Gasteiger partial charge in [0.25, 0.3) is 0 Å². The maximum Gasteiger partial charge on any atom is 0.324 e. The number of nitrogens with one attached hydrogen (secondary N) is 1. The van der Waals surface area contributed by atoms with Crippen molar-refractivity contribution in [3.05, 3.63) is 72.8 Å². The summed E-state index contributed by atoms with van der Waals surface area (Å²) in [6.45, 7) is 0. The van der Waals surface area contributed by atoms with Crippen LogP contribution in [0.3, 0.4) is 0 Å². The van der Waals surface area contributed by atoms with E-state index in [2.05, 4.69) is 15.3 Å². The molecular formula is C19H15N5O. The molecule has 1 aliphatic heterocycles. The number of hydrogen-bond donors (Lipinski definition) is 2. The van der Waals surface area contributed by atoms with Crippen LogP contribution in [0, 0.1) is 0 Å². The number of rotatable bonds is 2. The molecule has 1 amide bonds. The van der Waals surface area contributed by atoms with Gasteiger partial charge in [-0.2, -0.15) is 0 Å². The van der Waals surface area contributed by atoms with Crippen molar-refractivity contribution in [3.63, 3.8) is 0 Å². The first kappa shape index (κ1) is 14.9. The molecule has 1 aliphatic rings. The first-order chi connectivity index (χ1) is 12.2. The second-order valence-electron chi connectivity index (χ2n) is 5.54. The zero-order valence-corrected chi connectivity index (χ0v) is 13.3. The molecular weight excluding hydrogens is 314 g/mol. The predicted molar refractivity (Wildman–Crippen MR) is 98.8 cm³/mol. The van der Waals surface area contributed by atoms with Crippen LogP contribution in [-0.4, -0.2) is 21.8 Å². The van der Waals surface area contributed by atoms with Gasteiger partial charge < -0.3 is 11.1 Å². The van der Waals surface area contributed by atoms with Crippen LogP contribution in [0.15, 0.2) is 72.0 Å². The molecule has 0 atom stereocenters. The maximum atomic E-state index is 11.9. The van der Waals surface area contributed by atoms with Crippen molar-refractivity contribution in [2.45, 2.75) is 0 Å². The summed E-state index contributed by atoms with van der Waals surface area (Å²) in [5.74, 6) is 0.440. The number of nitrogens with two attached hydrogens (primary N) is 1. The molecule has 0 saturated carbocycles. The third-order valence-corrected chi connectivity index (χ3v) is 3.90. The van der Waals surface area contributed by atoms with Crippen molar-refractivity contribution in [3.8, 4) is 11.3 Å². The number of nitrogens with zero attached hydrogens (tertiary/aromatic N) is 3. The molecule has 122 valence electrons. The summed E-state index contributed by atoms with van der Waals surface area (Å²) in [6, 6.07) is 16.7. The Balaban J connectivity index is 1.79. The van der Waals surface area contributed by atoms with Crippen LogP contribution in [0.25, 0.3) is 16.8 Å². The van der Waals surface area contributed by atoms with Crippen LogP contribution < -0.4 is 11.1 Å². The van der Waals surface area contributed by atoms with Crippen LogP contribution in [0.5, 0.6) is 0 Å². The van der Waals surface area contributed by atoms with Crippen molar-refractivity contribution in [2.24, 2.45) is 10.7 Å². The first-order valence-corrected chi connectivity index (χ1v) is 7.77. The lowest BCUT2D eigenvalue weighted by Crippen LogP contribution is -2.21. The number of primary amides is 1. The van der Waals surface area contributed by atoms with E-state index in [4.69, 9.17) is 5.73 Å². The lowest BCUT2D eigenvalue weighted by Gasteiger charge is -2.03. The largest absolute Gasteiger partial charge is 0.359 e. The van der Waals surface area contributed by atoms with Crippen molar-refractivity contribution in [1.82, 2.24) is 9.55 Å². The van der Waals surface area contributed by atoms with Crippen LogP contribution >= 0.6 is 0 Å². The summed E-state index contributed by atoms with van der Waals surface area (Å²) in [5, 5.41) is 3.20. The van der Waals surface area contributed by atoms with Crippen molar-refractivity contribution < 1.29 is 4.79 Å². The van der Waals surface area contributed by atoms with E-state index in [1.54, 1.807) is 18.6 Å². The Hall–Kier alpha value is -3.67. The highest BCUT2D eigenvalue weighted by Crippen LogP contribution is 2.28. The van der Waals surface area contributed by atoms with E-state index in [9.17, 15) is 4.79 Å². The highest BCUT2D eigenvalue weighted by molar-refractivity contribution is 6.12. The monoisotopic (exact) mass is 329 g/mol. The molecule has 2 aromatic carbocycles. The summed E-state index contributed by atoms with van der Waals surface area (Å²) in [5.41, 5.74) is 9.47. The van der Waals surface area contributed by atoms with E-state index in [0.717, 1.165) is 16.9 Å². The number of benzene rings is 2. The van der Waals surface area contributed by atoms with Gasteiger partial charge in [0.15, 0.2) is 5.82 Å². The van der Waals surface area contributed by atoms with Crippen molar-refractivity contribution in [1.29, 1.82) is 0 Å². The van der Waals surface area contributed by atoms with Crippen LogP contribution in [0.2, 0.25) is 0 Å². The van der Waals surface area contributed by atoms with Crippen molar-refractivity contribution in [2.75, 3.05) is 5.32 Å². The van der Waals surface area contributed by atoms with Gasteiger partial charge in [-0.3, -0.25) is 9.56 Å². The number of amides is 1. The fourth-order valence-electron chi connectivity index (χ4n) is 2.66. The van der Waals surface area contributed by atoms with E-state index in [1.165, 1.54) is 4.57 Å². The molecule has 25 heavy (non-hydrogen) atoms. The third-order valence-electron chi connectivity index (χ3n) is 3.90. The number of fused-ring (bicyclic) bond motifs is 1. The molecule has 6 nitrogen and oxygen atoms in total. The second kappa shape index (κ2) is 6.09. The Labute approximate surface area is 144 Å². The van der Waals surface area contributed by atoms with Gasteiger partial charge in [-0.15, -0.1) is 0 Å². The molecule has 6 heteroatoms. The average Bonchev–Trinajstić information content (AvgIpc) is 2.98. The summed E-state index contributed by atoms with van der Waals surface area (Å²) in [7, 11) is 0. The molecule has 3 aromatic rings. The quantitative estimate of drug-likeness (QED) is 0.752. The smallest absolute Gasteiger partial charge is 0.324 e. The first-order valence-electron chi connectivity index (χ1n) is 7.77. The minimum Gasteiger partial charge on any atom is -0.359 e. The number of carbonyl (C=O) groups is 1. The molecule has 1 aromatic heterocycles. The Kier molecular flexibility index (Phi) is 3.63. The number of allylic oxidation sites excluding steroid dienone is 1. The molecule has 0 spiro atoms. The topological polar surface area (TPSA) is 85.3 Å². The Morgan fingerprint density at radius 2 is 1.80 bits per heavy atom. The minimum atomic E-state index is -0.597. The molecule has 0 radical (unpaired) electrons. The number of carbonyl (C=O) groups excluding carboxylic acids is 1. The van der Waals surface area contributed by atoms with E-state index in [-0.39, 0.29) is 0 Å². The minimum absolute atomic E-state index is 0.440. The Bertz CT molecular complexity index is 1000. The van der Waals surface area contributed by atoms with E-state index in [0.29, 0.717) is 17.1 Å². The second-order valence-corrected chi connectivity index (χ2v) is 5.54. The van der Waals surface area contributed by atoms with Gasteiger partial charge in [0.1, 0.15) is 0 Å². The van der Waals surface area contributed by atoms with E-state index >= 15 is 0 Å². The number of aromatic nitrogens is 2. The molecule has 0 unspecified atom stereocenters. The van der Waals surface area contributed by atoms with Crippen LogP contribution in [-0.2, 0) is 0 Å². The fraction of sp³-hybridized carbons (Fsp3) is 0. The molecule has 2 heterocycles. The zero-order valence-electron chi connectivity index (χ0n) is 13.3. The highest BCUT2D eigenvalue weighted by atomic mass is 16.2. The predicted octanol–water partition coefficient (Wildman–Crippen LogP) is 3.65. The van der Waals surface area contributed by atoms with Gasteiger partial charge in [-0.05, 0) is 12.1 Å². The SMILES string of the molecule is NC(=O)n1cc(-c2ccccc2)nc1C1=CNc2ccccc2N=C1. The maximum absolute atomic E-state index is 11.9. The normalized spacial score (nSPS) is 12.7. The summed E-state index contributed by atoms with van der Waals surface area (Å²) < 4.78 is 1.33. The lowest BCUT2D eigenvalue weighted by molar-refractivity contribution is 0.250. The molecule has 0 bridgehead atoms. The van der Waals surface area contributed by atoms with Gasteiger partial charge in [0.2, 0.25) is 0 Å². The van der Waals surface area contributed by atoms with Gasteiger partial charge in [0, 0.05) is 24.2 Å². The number of aliphatic imine (C=N–C) groups is 1. The number of para-hydroxylation sites is 2. The lowest BCUT2D eigenvalue weighted by atomic mass is 10.2. The van der Waals surface area contributed by atoms with Crippen molar-refractivity contribution >= 4 is 29.2 Å². The van der Waals surface area contributed by atoms with Gasteiger partial charge in [-0.1, -0.05) is 42.5 Å². The van der Waals surface area contributed by atoms with E-state index in [1.807, 2.05) is 54.6 Å². The van der Waals surface area contributed by atoms with Gasteiger partial charge in [0.05, 0.1) is 22.6 Å². The molecule has 0 aliphatic carbocycles. The molecule has 0 saturated heterocycles. The van der Waals surface area contributed by atoms with Gasteiger partial charge >= 0.3 is 6.03 Å². The molecule has 4 rings (SSSR count). The standard InChI is InChI=1S/C19H15N5O/c20-19(25)24-12-17(13-6-2-1-3-7-13)23-18(24)14-10-21-15-8-4-5-9-16(15)22-11-14/h1-12,21H,(H2,20,25). The fourth-order valence-corrected chi connectivity index (χ4v) is 2.66. The van der Waals surface area contributed by atoms with E-state index < -0.39 is 6.03 Å². The third kappa shape index (κ3) is 2.81. The zero-order chi connectivity index (χ0) is 17.2. The number of imidazole rings is 1. The molecule has 0 fully saturated rings. The average molecular weight is 329 g/mol. The number of hydrogen-bond acceptors (Lipinski definition) is 4. The van der Waals surface area contributed by atoms with Gasteiger partial charge in [-0.25, -0.2) is 9.78 Å². The summed E-state index contributed by atoms with van der Waals surface area (Å²) in [4.78, 5) is 20.9. The highest BCUT2D eigenvalue weighted by Gasteiger charge is 2.17. The van der Waals surface area contributed by atoms with Crippen LogP contribution in [0.4, 0.5) is 16.2 Å². The number of anilines is 1. The Morgan fingerprint density at radius 3 is 2.60 bits per heavy atom. The summed E-state index contributed by atoms with van der Waals surface area (Å²) >= 11 is 0.